The molecular weight excluding hydrogens is 446 g/mol. The minimum Gasteiger partial charge on any atom is -0.497 e. The van der Waals surface area contributed by atoms with Crippen molar-refractivity contribution in [3.63, 3.8) is 0 Å². The highest BCUT2D eigenvalue weighted by Crippen LogP contribution is 2.32. The maximum absolute atomic E-state index is 13.5. The Bertz CT molecular complexity index is 1470. The number of halogens is 1. The Balaban J connectivity index is 1.70. The fourth-order valence-electron chi connectivity index (χ4n) is 4.22. The summed E-state index contributed by atoms with van der Waals surface area (Å²) in [5.74, 6) is 1.19. The van der Waals surface area contributed by atoms with E-state index in [4.69, 9.17) is 16.3 Å². The predicted octanol–water partition coefficient (Wildman–Crippen LogP) is 2.12. The van der Waals surface area contributed by atoms with Crippen LogP contribution in [0.25, 0.3) is 11.2 Å². The summed E-state index contributed by atoms with van der Waals surface area (Å²) in [7, 11) is 3.17. The first-order valence-corrected chi connectivity index (χ1v) is 10.8. The van der Waals surface area contributed by atoms with Gasteiger partial charge in [-0.1, -0.05) is 29.8 Å². The minimum absolute atomic E-state index is 0.0341. The van der Waals surface area contributed by atoms with Gasteiger partial charge in [-0.25, -0.2) is 4.79 Å². The highest BCUT2D eigenvalue weighted by molar-refractivity contribution is 6.31. The molecule has 0 saturated carbocycles. The molecule has 0 fully saturated rings. The normalized spacial score (nSPS) is 15.6. The van der Waals surface area contributed by atoms with Crippen molar-refractivity contribution in [1.29, 1.82) is 0 Å². The second kappa shape index (κ2) is 8.09. The van der Waals surface area contributed by atoms with Gasteiger partial charge in [0.25, 0.3) is 5.56 Å². The van der Waals surface area contributed by atoms with Gasteiger partial charge in [0, 0.05) is 17.8 Å². The molecule has 0 unspecified atom stereocenters. The van der Waals surface area contributed by atoms with Crippen molar-refractivity contribution in [2.45, 2.75) is 19.2 Å². The van der Waals surface area contributed by atoms with E-state index in [0.717, 1.165) is 10.3 Å². The van der Waals surface area contributed by atoms with Gasteiger partial charge in [-0.2, -0.15) is 4.98 Å². The van der Waals surface area contributed by atoms with Crippen LogP contribution in [0, 0.1) is 0 Å². The van der Waals surface area contributed by atoms with Crippen molar-refractivity contribution in [1.82, 2.24) is 18.7 Å². The molecule has 2 aromatic heterocycles. The lowest BCUT2D eigenvalue weighted by Gasteiger charge is -2.32. The molecule has 10 heteroatoms. The maximum atomic E-state index is 13.5. The number of anilines is 2. The molecule has 0 amide bonds. The minimum atomic E-state index is -0.731. The summed E-state index contributed by atoms with van der Waals surface area (Å²) in [5.41, 5.74) is 1.01. The van der Waals surface area contributed by atoms with E-state index in [1.807, 2.05) is 29.2 Å². The first kappa shape index (κ1) is 21.3. The molecule has 1 atom stereocenters. The molecule has 170 valence electrons. The molecule has 0 saturated heterocycles. The van der Waals surface area contributed by atoms with Crippen LogP contribution in [0.1, 0.15) is 5.56 Å². The maximum Gasteiger partial charge on any atom is 0.332 e. The van der Waals surface area contributed by atoms with Crippen LogP contribution in [0.2, 0.25) is 5.02 Å². The number of aliphatic hydroxyl groups is 1. The Hall–Kier alpha value is -3.56. The van der Waals surface area contributed by atoms with Gasteiger partial charge >= 0.3 is 5.69 Å². The number of nitrogens with zero attached hydrogens (tertiary/aromatic N) is 5. The molecule has 5 rings (SSSR count). The van der Waals surface area contributed by atoms with Crippen LogP contribution in [-0.2, 0) is 20.1 Å². The Kier molecular flexibility index (Phi) is 5.22. The fourth-order valence-corrected chi connectivity index (χ4v) is 4.41. The van der Waals surface area contributed by atoms with Crippen LogP contribution >= 0.6 is 11.6 Å². The van der Waals surface area contributed by atoms with E-state index >= 15 is 0 Å². The van der Waals surface area contributed by atoms with Crippen molar-refractivity contribution in [2.24, 2.45) is 7.05 Å². The Morgan fingerprint density at radius 2 is 1.85 bits per heavy atom. The number of imidazole rings is 1. The Morgan fingerprint density at radius 1 is 1.12 bits per heavy atom. The molecule has 1 N–H and O–H groups in total. The van der Waals surface area contributed by atoms with Crippen LogP contribution in [-0.4, -0.2) is 43.6 Å². The van der Waals surface area contributed by atoms with Gasteiger partial charge in [-0.3, -0.25) is 13.9 Å². The van der Waals surface area contributed by atoms with Gasteiger partial charge in [0.15, 0.2) is 11.2 Å². The molecule has 0 radical (unpaired) electrons. The summed E-state index contributed by atoms with van der Waals surface area (Å²) in [4.78, 5) is 33.1. The third kappa shape index (κ3) is 3.49. The van der Waals surface area contributed by atoms with E-state index in [2.05, 4.69) is 4.98 Å². The lowest BCUT2D eigenvalue weighted by atomic mass is 10.2. The van der Waals surface area contributed by atoms with Crippen LogP contribution < -0.4 is 20.9 Å². The highest BCUT2D eigenvalue weighted by atomic mass is 35.5. The van der Waals surface area contributed by atoms with Crippen molar-refractivity contribution in [2.75, 3.05) is 18.6 Å². The van der Waals surface area contributed by atoms with E-state index < -0.39 is 17.4 Å². The van der Waals surface area contributed by atoms with Gasteiger partial charge in [-0.05, 0) is 35.9 Å². The number of benzene rings is 2. The number of methoxy groups -OCH3 is 1. The molecule has 0 aliphatic carbocycles. The summed E-state index contributed by atoms with van der Waals surface area (Å²) in [5, 5.41) is 11.1. The number of aliphatic hydroxyl groups excluding tert-OH is 1. The molecule has 3 heterocycles. The van der Waals surface area contributed by atoms with Crippen molar-refractivity contribution >= 4 is 34.4 Å². The fraction of sp³-hybridized carbons (Fsp3) is 0.261. The summed E-state index contributed by atoms with van der Waals surface area (Å²) in [6.07, 6.45) is -0.731. The van der Waals surface area contributed by atoms with Crippen LogP contribution in [0.5, 0.6) is 5.75 Å². The quantitative estimate of drug-likeness (QED) is 0.494. The van der Waals surface area contributed by atoms with E-state index in [-0.39, 0.29) is 24.3 Å². The zero-order valence-electron chi connectivity index (χ0n) is 18.1. The van der Waals surface area contributed by atoms with E-state index in [0.29, 0.717) is 28.8 Å². The number of fused-ring (bicyclic) bond motifs is 3. The molecule has 1 aliphatic heterocycles. The van der Waals surface area contributed by atoms with Crippen LogP contribution in [0.4, 0.5) is 11.6 Å². The first-order chi connectivity index (χ1) is 15.9. The average molecular weight is 468 g/mol. The third-order valence-electron chi connectivity index (χ3n) is 5.91. The topological polar surface area (TPSA) is 94.5 Å². The standard InChI is InChI=1S/C23H22ClN5O4/c1-26-20-19(21(31)29(23(26)32)11-14-5-3-4-6-18(14)24)28-13-16(30)12-27(22(28)25-20)15-7-9-17(33-2)10-8-15/h3-10,16,30H,11-13H2,1-2H3/t16-/m1/s1. The van der Waals surface area contributed by atoms with Gasteiger partial charge < -0.3 is 19.3 Å². The molecular formula is C23H22ClN5O4. The number of hydrogen-bond donors (Lipinski definition) is 1. The average Bonchev–Trinajstić information content (AvgIpc) is 3.20. The van der Waals surface area contributed by atoms with Gasteiger partial charge in [0.05, 0.1) is 32.8 Å². The Morgan fingerprint density at radius 3 is 2.55 bits per heavy atom. The monoisotopic (exact) mass is 467 g/mol. The summed E-state index contributed by atoms with van der Waals surface area (Å²) < 4.78 is 9.42. The van der Waals surface area contributed by atoms with Crippen molar-refractivity contribution in [3.8, 4) is 5.75 Å². The number of ether oxygens (including phenoxy) is 1. The van der Waals surface area contributed by atoms with E-state index in [1.54, 1.807) is 43.0 Å². The molecule has 4 aromatic rings. The smallest absolute Gasteiger partial charge is 0.332 e. The molecule has 1 aliphatic rings. The molecule has 2 aromatic carbocycles. The van der Waals surface area contributed by atoms with Crippen molar-refractivity contribution < 1.29 is 9.84 Å². The third-order valence-corrected chi connectivity index (χ3v) is 6.28. The van der Waals surface area contributed by atoms with Crippen LogP contribution in [0.3, 0.4) is 0 Å². The highest BCUT2D eigenvalue weighted by Gasteiger charge is 2.30. The second-order valence-electron chi connectivity index (χ2n) is 7.98. The number of aromatic nitrogens is 4. The summed E-state index contributed by atoms with van der Waals surface area (Å²) in [6.45, 7) is 0.530. The van der Waals surface area contributed by atoms with Gasteiger partial charge in [0.1, 0.15) is 5.75 Å². The second-order valence-corrected chi connectivity index (χ2v) is 8.39. The first-order valence-electron chi connectivity index (χ1n) is 10.4. The van der Waals surface area contributed by atoms with E-state index in [9.17, 15) is 14.7 Å². The number of hydrogen-bond acceptors (Lipinski definition) is 6. The number of rotatable bonds is 4. The lowest BCUT2D eigenvalue weighted by Crippen LogP contribution is -2.42. The predicted molar refractivity (Wildman–Crippen MR) is 126 cm³/mol. The lowest BCUT2D eigenvalue weighted by molar-refractivity contribution is 0.154. The molecule has 0 spiro atoms. The summed E-state index contributed by atoms with van der Waals surface area (Å²) >= 11 is 6.27. The number of aryl methyl sites for hydroxylation is 1. The van der Waals surface area contributed by atoms with Gasteiger partial charge in [-0.15, -0.1) is 0 Å². The number of β-amino-alcohol motifs (C(OH)–C–C–N with tert-alkyl or cyclic N) is 1. The Labute approximate surface area is 193 Å². The van der Waals surface area contributed by atoms with E-state index in [1.165, 1.54) is 4.57 Å². The molecule has 0 bridgehead atoms. The van der Waals surface area contributed by atoms with Crippen LogP contribution in [0.15, 0.2) is 58.1 Å². The van der Waals surface area contributed by atoms with Crippen molar-refractivity contribution in [3.05, 3.63) is 80.0 Å². The summed E-state index contributed by atoms with van der Waals surface area (Å²) in [6, 6.07) is 14.4. The zero-order chi connectivity index (χ0) is 23.3. The zero-order valence-corrected chi connectivity index (χ0v) is 18.9. The molecule has 33 heavy (non-hydrogen) atoms. The largest absolute Gasteiger partial charge is 0.497 e. The molecule has 9 nitrogen and oxygen atoms in total. The van der Waals surface area contributed by atoms with Gasteiger partial charge in [0.2, 0.25) is 5.95 Å². The SMILES string of the molecule is COc1ccc(N2C[C@@H](O)Cn3c2nc2c3c(=O)n(Cc3ccccc3Cl)c(=O)n2C)cc1.